The number of benzene rings is 1. The molecule has 0 bridgehead atoms. The summed E-state index contributed by atoms with van der Waals surface area (Å²) in [6, 6.07) is 11.7. The maximum absolute atomic E-state index is 11.9. The molecule has 0 fully saturated rings. The van der Waals surface area contributed by atoms with Crippen LogP contribution in [-0.4, -0.2) is 24.0 Å². The van der Waals surface area contributed by atoms with E-state index in [1.54, 1.807) is 11.8 Å². The van der Waals surface area contributed by atoms with E-state index in [9.17, 15) is 4.79 Å². The molecule has 0 radical (unpaired) electrons. The largest absolute Gasteiger partial charge is 0.354 e. The van der Waals surface area contributed by atoms with Gasteiger partial charge in [-0.1, -0.05) is 37.3 Å². The highest BCUT2D eigenvalue weighted by molar-refractivity contribution is 7.99. The zero-order chi connectivity index (χ0) is 13.4. The molecule has 2 unspecified atom stereocenters. The Morgan fingerprint density at radius 1 is 1.44 bits per heavy atom. The maximum Gasteiger partial charge on any atom is 0.237 e. The highest BCUT2D eigenvalue weighted by atomic mass is 32.2. The Morgan fingerprint density at radius 2 is 2.11 bits per heavy atom. The van der Waals surface area contributed by atoms with Crippen LogP contribution in [0.15, 0.2) is 30.3 Å². The molecule has 0 heterocycles. The van der Waals surface area contributed by atoms with Crippen molar-refractivity contribution in [1.29, 1.82) is 5.26 Å². The van der Waals surface area contributed by atoms with Crippen molar-refractivity contribution in [2.75, 3.05) is 12.8 Å². The summed E-state index contributed by atoms with van der Waals surface area (Å²) < 4.78 is 0. The van der Waals surface area contributed by atoms with Gasteiger partial charge in [0.15, 0.2) is 0 Å². The quantitative estimate of drug-likeness (QED) is 0.855. The molecule has 2 atom stereocenters. The standard InChI is InChI=1S/C14H18N2OS/c1-11(18-2)10-16-14(17)13(9-15)8-12-6-4-3-5-7-12/h3-7,11,13H,8,10H2,1-2H3,(H,16,17). The van der Waals surface area contributed by atoms with Gasteiger partial charge >= 0.3 is 0 Å². The Hall–Kier alpha value is -1.47. The third-order valence-electron chi connectivity index (χ3n) is 2.72. The molecule has 4 heteroatoms. The molecule has 18 heavy (non-hydrogen) atoms. The lowest BCUT2D eigenvalue weighted by atomic mass is 10.00. The first kappa shape index (κ1) is 14.6. The molecule has 0 aliphatic rings. The van der Waals surface area contributed by atoms with Crippen LogP contribution in [0, 0.1) is 17.2 Å². The van der Waals surface area contributed by atoms with Gasteiger partial charge in [-0.25, -0.2) is 0 Å². The molecule has 1 rings (SSSR count). The van der Waals surface area contributed by atoms with Crippen LogP contribution in [0.5, 0.6) is 0 Å². The van der Waals surface area contributed by atoms with E-state index >= 15 is 0 Å². The van der Waals surface area contributed by atoms with Gasteiger partial charge in [0, 0.05) is 11.8 Å². The molecule has 3 nitrogen and oxygen atoms in total. The molecule has 1 aromatic rings. The number of hydrogen-bond acceptors (Lipinski definition) is 3. The number of thioether (sulfide) groups is 1. The first-order valence-corrected chi connectivity index (χ1v) is 7.20. The third kappa shape index (κ3) is 4.80. The molecule has 1 amide bonds. The Bertz CT molecular complexity index is 414. The number of hydrogen-bond donors (Lipinski definition) is 1. The van der Waals surface area contributed by atoms with E-state index < -0.39 is 5.92 Å². The number of amides is 1. The topological polar surface area (TPSA) is 52.9 Å². The molecule has 0 spiro atoms. The summed E-state index contributed by atoms with van der Waals surface area (Å²) in [4.78, 5) is 11.9. The minimum Gasteiger partial charge on any atom is -0.354 e. The van der Waals surface area contributed by atoms with Gasteiger partial charge in [-0.3, -0.25) is 4.79 Å². The van der Waals surface area contributed by atoms with E-state index in [4.69, 9.17) is 5.26 Å². The molecule has 0 saturated carbocycles. The fraction of sp³-hybridized carbons (Fsp3) is 0.429. The van der Waals surface area contributed by atoms with Crippen LogP contribution < -0.4 is 5.32 Å². The minimum absolute atomic E-state index is 0.178. The zero-order valence-electron chi connectivity index (χ0n) is 10.7. The SMILES string of the molecule is CSC(C)CNC(=O)C(C#N)Cc1ccccc1. The van der Waals surface area contributed by atoms with Crippen LogP contribution in [0.3, 0.4) is 0 Å². The molecule has 0 aliphatic heterocycles. The number of nitriles is 1. The van der Waals surface area contributed by atoms with Crippen molar-refractivity contribution in [3.63, 3.8) is 0 Å². The van der Waals surface area contributed by atoms with E-state index in [0.717, 1.165) is 5.56 Å². The van der Waals surface area contributed by atoms with Crippen LogP contribution in [0.2, 0.25) is 0 Å². The highest BCUT2D eigenvalue weighted by Gasteiger charge is 2.18. The van der Waals surface area contributed by atoms with Gasteiger partial charge in [0.2, 0.25) is 5.91 Å². The van der Waals surface area contributed by atoms with Gasteiger partial charge in [-0.2, -0.15) is 17.0 Å². The Morgan fingerprint density at radius 3 is 2.67 bits per heavy atom. The highest BCUT2D eigenvalue weighted by Crippen LogP contribution is 2.09. The summed E-state index contributed by atoms with van der Waals surface area (Å²) in [6.07, 6.45) is 2.47. The number of nitrogens with one attached hydrogen (secondary N) is 1. The minimum atomic E-state index is -0.610. The lowest BCUT2D eigenvalue weighted by Crippen LogP contribution is -2.35. The Kier molecular flexibility index (Phi) is 6.31. The second-order valence-electron chi connectivity index (χ2n) is 4.16. The zero-order valence-corrected chi connectivity index (χ0v) is 11.5. The van der Waals surface area contributed by atoms with Crippen LogP contribution in [-0.2, 0) is 11.2 Å². The molecular weight excluding hydrogens is 244 g/mol. The normalized spacial score (nSPS) is 13.4. The molecule has 0 aliphatic carbocycles. The average Bonchev–Trinajstić information content (AvgIpc) is 2.42. The molecular formula is C14H18N2OS. The van der Waals surface area contributed by atoms with Crippen molar-refractivity contribution in [2.45, 2.75) is 18.6 Å². The van der Waals surface area contributed by atoms with Crippen LogP contribution in [0.4, 0.5) is 0 Å². The van der Waals surface area contributed by atoms with Crippen molar-refractivity contribution in [3.05, 3.63) is 35.9 Å². The molecule has 1 N–H and O–H groups in total. The van der Waals surface area contributed by atoms with Crippen LogP contribution in [0.25, 0.3) is 0 Å². The molecule has 96 valence electrons. The van der Waals surface area contributed by atoms with E-state index in [1.165, 1.54) is 0 Å². The summed E-state index contributed by atoms with van der Waals surface area (Å²) >= 11 is 1.69. The molecule has 0 aromatic heterocycles. The lowest BCUT2D eigenvalue weighted by molar-refractivity contribution is -0.123. The van der Waals surface area contributed by atoms with E-state index in [1.807, 2.05) is 43.5 Å². The van der Waals surface area contributed by atoms with Crippen LogP contribution >= 0.6 is 11.8 Å². The predicted octanol–water partition coefficient (Wildman–Crippen LogP) is 2.24. The number of carbonyl (C=O) groups excluding carboxylic acids is 1. The Balaban J connectivity index is 2.51. The Labute approximate surface area is 113 Å². The van der Waals surface area contributed by atoms with Crippen molar-refractivity contribution >= 4 is 17.7 Å². The monoisotopic (exact) mass is 262 g/mol. The van der Waals surface area contributed by atoms with Crippen molar-refractivity contribution in [3.8, 4) is 6.07 Å². The summed E-state index contributed by atoms with van der Waals surface area (Å²) in [5.74, 6) is -0.788. The summed E-state index contributed by atoms with van der Waals surface area (Å²) in [7, 11) is 0. The van der Waals surface area contributed by atoms with E-state index in [0.29, 0.717) is 18.2 Å². The van der Waals surface area contributed by atoms with E-state index in [2.05, 4.69) is 11.4 Å². The second kappa shape index (κ2) is 7.78. The molecule has 0 saturated heterocycles. The number of rotatable bonds is 6. The van der Waals surface area contributed by atoms with Crippen molar-refractivity contribution in [1.82, 2.24) is 5.32 Å². The van der Waals surface area contributed by atoms with Gasteiger partial charge in [0.25, 0.3) is 0 Å². The van der Waals surface area contributed by atoms with Crippen LogP contribution in [0.1, 0.15) is 12.5 Å². The van der Waals surface area contributed by atoms with E-state index in [-0.39, 0.29) is 5.91 Å². The lowest BCUT2D eigenvalue weighted by Gasteiger charge is -2.13. The molecule has 1 aromatic carbocycles. The van der Waals surface area contributed by atoms with Gasteiger partial charge in [-0.15, -0.1) is 0 Å². The van der Waals surface area contributed by atoms with Gasteiger partial charge in [0.05, 0.1) is 6.07 Å². The second-order valence-corrected chi connectivity index (χ2v) is 5.44. The third-order valence-corrected chi connectivity index (χ3v) is 3.69. The van der Waals surface area contributed by atoms with Gasteiger partial charge < -0.3 is 5.32 Å². The average molecular weight is 262 g/mol. The summed E-state index contributed by atoms with van der Waals surface area (Å²) in [5, 5.41) is 12.3. The predicted molar refractivity (Wildman–Crippen MR) is 75.2 cm³/mol. The summed E-state index contributed by atoms with van der Waals surface area (Å²) in [5.41, 5.74) is 1.01. The van der Waals surface area contributed by atoms with Crippen molar-refractivity contribution in [2.24, 2.45) is 5.92 Å². The number of nitrogens with zero attached hydrogens (tertiary/aromatic N) is 1. The fourth-order valence-corrected chi connectivity index (χ4v) is 1.75. The van der Waals surface area contributed by atoms with Gasteiger partial charge in [0.1, 0.15) is 5.92 Å². The van der Waals surface area contributed by atoms with Gasteiger partial charge in [-0.05, 0) is 18.2 Å². The first-order valence-electron chi connectivity index (χ1n) is 5.91. The fourth-order valence-electron chi connectivity index (χ4n) is 1.50. The maximum atomic E-state index is 11.9. The smallest absolute Gasteiger partial charge is 0.237 e. The first-order chi connectivity index (χ1) is 8.67. The van der Waals surface area contributed by atoms with Crippen molar-refractivity contribution < 1.29 is 4.79 Å². The summed E-state index contributed by atoms with van der Waals surface area (Å²) in [6.45, 7) is 2.65. The number of carbonyl (C=O) groups is 1.